The Labute approximate surface area is 638 Å². The number of esters is 4. The van der Waals surface area contributed by atoms with Gasteiger partial charge < -0.3 is 33.8 Å². The van der Waals surface area contributed by atoms with E-state index in [9.17, 15) is 43.2 Å². The highest BCUT2D eigenvalue weighted by Gasteiger charge is 2.30. The lowest BCUT2D eigenvalue weighted by Crippen LogP contribution is -2.30. The van der Waals surface area contributed by atoms with Gasteiger partial charge in [0.2, 0.25) is 0 Å². The Morgan fingerprint density at radius 1 is 0.279 bits per heavy atom. The molecule has 3 unspecified atom stereocenters. The molecule has 0 aromatic carbocycles. The molecule has 0 spiro atoms. The van der Waals surface area contributed by atoms with E-state index in [2.05, 4.69) is 48.5 Å². The van der Waals surface area contributed by atoms with Crippen LogP contribution in [0.2, 0.25) is 0 Å². The van der Waals surface area contributed by atoms with Crippen molar-refractivity contribution in [1.29, 1.82) is 0 Å². The lowest BCUT2D eigenvalue weighted by Gasteiger charge is -2.21. The predicted molar refractivity (Wildman–Crippen MR) is 428 cm³/mol. The van der Waals surface area contributed by atoms with Gasteiger partial charge in [0.25, 0.3) is 0 Å². The average Bonchev–Trinajstić information content (AvgIpc) is 0.907. The minimum Gasteiger partial charge on any atom is -0.462 e. The average molecular weight is 1520 g/mol. The van der Waals surface area contributed by atoms with Crippen LogP contribution in [0.1, 0.15) is 447 Å². The lowest BCUT2D eigenvalue weighted by molar-refractivity contribution is -0.161. The first kappa shape index (κ1) is 102. The van der Waals surface area contributed by atoms with Crippen LogP contribution in [0.4, 0.5) is 0 Å². The van der Waals surface area contributed by atoms with Crippen molar-refractivity contribution in [2.45, 2.75) is 465 Å². The van der Waals surface area contributed by atoms with Crippen molar-refractivity contribution < 1.29 is 80.2 Å². The molecule has 0 saturated carbocycles. The molecule has 0 radical (unpaired) electrons. The number of rotatable bonds is 83. The van der Waals surface area contributed by atoms with Gasteiger partial charge in [0.15, 0.2) is 12.2 Å². The molecule has 0 amide bonds. The SMILES string of the molecule is CCCCCCCCCCCCCCCCCCCCCCC(=O)O[C@H](COC(=O)CCCCCCCCCCCCCCCCCCC(C)C)COP(=O)(O)OC[C@@H](O)COP(=O)(O)OC[C@@H](COC(=O)CCCCCCCCC(C)CC)OC(=O)CCCCCCCCCCCCCCC(C)C. The summed E-state index contributed by atoms with van der Waals surface area (Å²) in [4.78, 5) is 73.2. The monoisotopic (exact) mass is 1520 g/mol. The topological polar surface area (TPSA) is 237 Å². The van der Waals surface area contributed by atoms with Crippen molar-refractivity contribution in [2.75, 3.05) is 39.6 Å². The quantitative estimate of drug-likeness (QED) is 0.0222. The summed E-state index contributed by atoms with van der Waals surface area (Å²) in [5, 5.41) is 10.7. The first-order valence-corrected chi connectivity index (χ1v) is 46.9. The van der Waals surface area contributed by atoms with Crippen molar-refractivity contribution in [3.63, 3.8) is 0 Å². The van der Waals surface area contributed by atoms with Crippen LogP contribution in [-0.2, 0) is 65.4 Å². The van der Waals surface area contributed by atoms with Gasteiger partial charge in [-0.1, -0.05) is 395 Å². The highest BCUT2D eigenvalue weighted by atomic mass is 31.2. The van der Waals surface area contributed by atoms with Crippen molar-refractivity contribution in [3.8, 4) is 0 Å². The second-order valence-electron chi connectivity index (χ2n) is 31.8. The predicted octanol–water partition coefficient (Wildman–Crippen LogP) is 25.7. The molecular formula is C85H166O17P2. The Morgan fingerprint density at radius 3 is 0.731 bits per heavy atom. The van der Waals surface area contributed by atoms with Crippen molar-refractivity contribution in [1.82, 2.24) is 0 Å². The molecule has 0 aliphatic rings. The Hall–Kier alpha value is -1.94. The molecule has 3 N–H and O–H groups in total. The summed E-state index contributed by atoms with van der Waals surface area (Å²) in [5.74, 6) is 0.213. The summed E-state index contributed by atoms with van der Waals surface area (Å²) in [7, 11) is -9.93. The van der Waals surface area contributed by atoms with E-state index in [1.165, 1.54) is 250 Å². The van der Waals surface area contributed by atoms with E-state index >= 15 is 0 Å². The molecule has 0 aliphatic heterocycles. The number of carbonyl (C=O) groups is 4. The molecule has 618 valence electrons. The van der Waals surface area contributed by atoms with Crippen LogP contribution in [0.5, 0.6) is 0 Å². The maximum absolute atomic E-state index is 13.1. The van der Waals surface area contributed by atoms with E-state index in [1.807, 2.05) is 0 Å². The van der Waals surface area contributed by atoms with E-state index in [-0.39, 0.29) is 25.7 Å². The minimum absolute atomic E-state index is 0.106. The molecule has 0 heterocycles. The number of ether oxygens (including phenoxy) is 4. The highest BCUT2D eigenvalue weighted by Crippen LogP contribution is 2.45. The zero-order valence-electron chi connectivity index (χ0n) is 68.5. The van der Waals surface area contributed by atoms with Crippen molar-refractivity contribution in [2.24, 2.45) is 17.8 Å². The van der Waals surface area contributed by atoms with E-state index in [4.69, 9.17) is 37.0 Å². The molecule has 0 saturated heterocycles. The molecule has 0 rings (SSSR count). The fraction of sp³-hybridized carbons (Fsp3) is 0.953. The molecule has 0 aromatic rings. The lowest BCUT2D eigenvalue weighted by atomic mass is 10.00. The van der Waals surface area contributed by atoms with E-state index in [0.29, 0.717) is 25.7 Å². The zero-order valence-corrected chi connectivity index (χ0v) is 70.3. The van der Waals surface area contributed by atoms with Gasteiger partial charge in [0.05, 0.1) is 26.4 Å². The third-order valence-electron chi connectivity index (χ3n) is 20.2. The van der Waals surface area contributed by atoms with Crippen molar-refractivity contribution >= 4 is 39.5 Å². The maximum atomic E-state index is 13.1. The molecular weight excluding hydrogens is 1350 g/mol. The normalized spacial score (nSPS) is 14.2. The molecule has 0 aliphatic carbocycles. The molecule has 104 heavy (non-hydrogen) atoms. The maximum Gasteiger partial charge on any atom is 0.472 e. The number of hydrogen-bond acceptors (Lipinski definition) is 15. The Kier molecular flexibility index (Phi) is 73.7. The largest absolute Gasteiger partial charge is 0.472 e. The summed E-state index contributed by atoms with van der Waals surface area (Å²) in [6.45, 7) is 12.0. The van der Waals surface area contributed by atoms with Crippen LogP contribution in [0.25, 0.3) is 0 Å². The van der Waals surface area contributed by atoms with Crippen LogP contribution in [0.15, 0.2) is 0 Å². The van der Waals surface area contributed by atoms with Gasteiger partial charge in [0.1, 0.15) is 19.3 Å². The van der Waals surface area contributed by atoms with Gasteiger partial charge in [0, 0.05) is 25.7 Å². The van der Waals surface area contributed by atoms with Gasteiger partial charge in [-0.2, -0.15) is 0 Å². The molecule has 6 atom stereocenters. The van der Waals surface area contributed by atoms with Crippen LogP contribution in [-0.4, -0.2) is 96.7 Å². The summed E-state index contributed by atoms with van der Waals surface area (Å²) >= 11 is 0. The van der Waals surface area contributed by atoms with Crippen LogP contribution in [0, 0.1) is 17.8 Å². The van der Waals surface area contributed by atoms with Crippen molar-refractivity contribution in [3.05, 3.63) is 0 Å². The second-order valence-corrected chi connectivity index (χ2v) is 34.7. The van der Waals surface area contributed by atoms with Gasteiger partial charge in [-0.05, 0) is 43.4 Å². The minimum atomic E-state index is -4.97. The molecule has 19 heteroatoms. The number of phosphoric ester groups is 2. The number of hydrogen-bond donors (Lipinski definition) is 3. The van der Waals surface area contributed by atoms with Crippen LogP contribution >= 0.6 is 15.6 Å². The Balaban J connectivity index is 5.23. The fourth-order valence-electron chi connectivity index (χ4n) is 13.2. The third kappa shape index (κ3) is 76.8. The molecule has 17 nitrogen and oxygen atoms in total. The highest BCUT2D eigenvalue weighted by molar-refractivity contribution is 7.47. The van der Waals surface area contributed by atoms with Crippen LogP contribution < -0.4 is 0 Å². The van der Waals surface area contributed by atoms with E-state index < -0.39 is 97.5 Å². The zero-order chi connectivity index (χ0) is 76.5. The van der Waals surface area contributed by atoms with Gasteiger partial charge in [-0.15, -0.1) is 0 Å². The van der Waals surface area contributed by atoms with E-state index in [0.717, 1.165) is 114 Å². The number of aliphatic hydroxyl groups excluding tert-OH is 1. The smallest absolute Gasteiger partial charge is 0.462 e. The third-order valence-corrected chi connectivity index (χ3v) is 22.1. The summed E-state index contributed by atoms with van der Waals surface area (Å²) in [5.41, 5.74) is 0. The standard InChI is InChI=1S/C85H166O17P2/c1-8-10-11-12-13-14-15-16-17-18-19-20-21-26-29-35-40-45-54-61-68-84(89)101-80(72-95-82(87)66-59-52-44-39-34-28-25-23-22-24-27-32-37-42-49-56-63-76(3)4)74-99-103(91,92)97-70-79(86)71-98-104(93,94)100-75-81(73-96-83(88)67-60-53-48-47-51-58-65-78(7)9-2)102-85(90)69-62-55-46-41-36-31-30-33-38-43-50-57-64-77(5)6/h76-81,86H,8-75H2,1-7H3,(H,91,92)(H,93,94)/t78?,79-,80-,81-/m1/s1. The summed E-state index contributed by atoms with van der Waals surface area (Å²) in [6.07, 6.45) is 65.3. The van der Waals surface area contributed by atoms with E-state index in [1.54, 1.807) is 0 Å². The number of phosphoric acid groups is 2. The second kappa shape index (κ2) is 75.1. The molecule has 0 fully saturated rings. The molecule has 0 bridgehead atoms. The van der Waals surface area contributed by atoms with Crippen LogP contribution in [0.3, 0.4) is 0 Å². The Morgan fingerprint density at radius 2 is 0.490 bits per heavy atom. The number of carbonyl (C=O) groups excluding carboxylic acids is 4. The molecule has 0 aromatic heterocycles. The fourth-order valence-corrected chi connectivity index (χ4v) is 14.7. The van der Waals surface area contributed by atoms with Gasteiger partial charge >= 0.3 is 39.5 Å². The number of aliphatic hydroxyl groups is 1. The first-order chi connectivity index (χ1) is 50.3. The Bertz CT molecular complexity index is 2010. The summed E-state index contributed by atoms with van der Waals surface area (Å²) in [6, 6.07) is 0. The summed E-state index contributed by atoms with van der Waals surface area (Å²) < 4.78 is 68.8. The number of unbranched alkanes of at least 4 members (excludes halogenated alkanes) is 50. The van der Waals surface area contributed by atoms with Gasteiger partial charge in [-0.3, -0.25) is 37.3 Å². The van der Waals surface area contributed by atoms with Gasteiger partial charge in [-0.25, -0.2) is 9.13 Å². The first-order valence-electron chi connectivity index (χ1n) is 43.9.